The second-order valence-corrected chi connectivity index (χ2v) is 10.8. The lowest BCUT2D eigenvalue weighted by Crippen LogP contribution is -2.42. The van der Waals surface area contributed by atoms with E-state index in [2.05, 4.69) is 5.32 Å². The Kier molecular flexibility index (Phi) is 9.91. The minimum atomic E-state index is -0.669. The van der Waals surface area contributed by atoms with E-state index in [0.717, 1.165) is 5.56 Å². The minimum absolute atomic E-state index is 0.264. The number of ether oxygens (including phenoxy) is 2. The summed E-state index contributed by atoms with van der Waals surface area (Å²) >= 11 is 6.06. The summed E-state index contributed by atoms with van der Waals surface area (Å²) in [5, 5.41) is 3.39. The molecular weight excluding hydrogens is 509 g/mol. The van der Waals surface area contributed by atoms with E-state index in [1.807, 2.05) is 59.2 Å². The van der Waals surface area contributed by atoms with E-state index in [0.29, 0.717) is 35.5 Å². The quantitative estimate of drug-likeness (QED) is 0.271. The number of esters is 1. The number of nitrogens with one attached hydrogen (secondary N) is 1. The number of carbonyl (C=O) groups excluding carboxylic acids is 2. The third-order valence-electron chi connectivity index (χ3n) is 5.84. The molecule has 2 atom stereocenters. The van der Waals surface area contributed by atoms with Gasteiger partial charge in [0.05, 0.1) is 19.6 Å². The fraction of sp³-hybridized carbons (Fsp3) is 0.414. The number of alkyl carbamates (subject to hydrolysis) is 1. The summed E-state index contributed by atoms with van der Waals surface area (Å²) in [5.41, 5.74) is 1.34. The van der Waals surface area contributed by atoms with Gasteiger partial charge in [-0.3, -0.25) is 4.79 Å². The second-order valence-electron chi connectivity index (χ2n) is 10.3. The van der Waals surface area contributed by atoms with E-state index in [1.54, 1.807) is 33.8 Å². The first-order valence-electron chi connectivity index (χ1n) is 12.6. The molecule has 0 saturated carbocycles. The van der Waals surface area contributed by atoms with Crippen LogP contribution in [-0.2, 0) is 34.3 Å². The van der Waals surface area contributed by atoms with Crippen LogP contribution in [0.2, 0.25) is 5.02 Å². The Morgan fingerprint density at radius 3 is 2.47 bits per heavy atom. The van der Waals surface area contributed by atoms with Crippen molar-refractivity contribution in [1.29, 1.82) is 0 Å². The van der Waals surface area contributed by atoms with E-state index in [9.17, 15) is 14.0 Å². The molecule has 38 heavy (non-hydrogen) atoms. The summed E-state index contributed by atoms with van der Waals surface area (Å²) in [4.78, 5) is 25.6. The zero-order valence-corrected chi connectivity index (χ0v) is 23.3. The van der Waals surface area contributed by atoms with E-state index in [4.69, 9.17) is 21.1 Å². The van der Waals surface area contributed by atoms with Crippen LogP contribution < -0.4 is 9.88 Å². The molecule has 0 saturated heterocycles. The first kappa shape index (κ1) is 29.2. The average Bonchev–Trinajstić information content (AvgIpc) is 3.24. The minimum Gasteiger partial charge on any atom is -0.466 e. The third kappa shape index (κ3) is 8.87. The Morgan fingerprint density at radius 2 is 1.87 bits per heavy atom. The Morgan fingerprint density at radius 1 is 1.16 bits per heavy atom. The molecule has 0 spiro atoms. The number of carbonyl (C=O) groups is 2. The summed E-state index contributed by atoms with van der Waals surface area (Å²) in [7, 11) is 1.90. The number of rotatable bonds is 10. The van der Waals surface area contributed by atoms with Crippen molar-refractivity contribution >= 4 is 23.7 Å². The van der Waals surface area contributed by atoms with E-state index in [1.165, 1.54) is 12.1 Å². The van der Waals surface area contributed by atoms with Crippen molar-refractivity contribution in [1.82, 2.24) is 9.88 Å². The summed E-state index contributed by atoms with van der Waals surface area (Å²) in [6.07, 6.45) is 5.88. The van der Waals surface area contributed by atoms with Crippen LogP contribution in [0.5, 0.6) is 0 Å². The number of benzene rings is 2. The maximum atomic E-state index is 14.3. The van der Waals surface area contributed by atoms with Crippen molar-refractivity contribution in [3.63, 3.8) is 0 Å². The molecule has 3 aromatic rings. The number of imidazole rings is 1. The Bertz CT molecular complexity index is 1240. The van der Waals surface area contributed by atoms with Gasteiger partial charge in [0.1, 0.15) is 30.4 Å². The molecule has 0 aliphatic rings. The van der Waals surface area contributed by atoms with E-state index in [-0.39, 0.29) is 18.4 Å². The molecule has 9 heteroatoms. The highest BCUT2D eigenvalue weighted by Crippen LogP contribution is 2.27. The largest absolute Gasteiger partial charge is 0.466 e. The van der Waals surface area contributed by atoms with Gasteiger partial charge in [-0.1, -0.05) is 35.9 Å². The first-order valence-corrected chi connectivity index (χ1v) is 13.0. The lowest BCUT2D eigenvalue weighted by molar-refractivity contribution is -0.671. The Balaban J connectivity index is 1.83. The number of halogens is 2. The maximum Gasteiger partial charge on any atom is 0.407 e. The fourth-order valence-electron chi connectivity index (χ4n) is 4.20. The Labute approximate surface area is 228 Å². The van der Waals surface area contributed by atoms with Gasteiger partial charge in [-0.05, 0) is 69.9 Å². The molecule has 1 aromatic heterocycles. The van der Waals surface area contributed by atoms with Gasteiger partial charge in [0, 0.05) is 16.6 Å². The van der Waals surface area contributed by atoms with Gasteiger partial charge in [0.25, 0.3) is 0 Å². The molecule has 204 valence electrons. The first-order chi connectivity index (χ1) is 17.9. The number of aryl methyl sites for hydroxylation is 1. The third-order valence-corrected chi connectivity index (χ3v) is 6.08. The van der Waals surface area contributed by atoms with Crippen molar-refractivity contribution < 1.29 is 28.0 Å². The lowest BCUT2D eigenvalue weighted by Gasteiger charge is -2.26. The van der Waals surface area contributed by atoms with Crippen LogP contribution in [0, 0.1) is 11.7 Å². The van der Waals surface area contributed by atoms with Gasteiger partial charge in [-0.25, -0.2) is 18.3 Å². The molecule has 0 bridgehead atoms. The van der Waals surface area contributed by atoms with Crippen LogP contribution in [0.25, 0.3) is 11.1 Å². The topological polar surface area (TPSA) is 73.4 Å². The molecule has 2 aromatic carbocycles. The highest BCUT2D eigenvalue weighted by atomic mass is 35.5. The van der Waals surface area contributed by atoms with Gasteiger partial charge < -0.3 is 14.8 Å². The normalized spacial score (nSPS) is 13.0. The van der Waals surface area contributed by atoms with Crippen molar-refractivity contribution in [3.05, 3.63) is 77.6 Å². The van der Waals surface area contributed by atoms with E-state index >= 15 is 0 Å². The number of aromatic nitrogens is 2. The van der Waals surface area contributed by atoms with Crippen molar-refractivity contribution in [2.45, 2.75) is 58.7 Å². The Hall–Kier alpha value is -3.39. The van der Waals surface area contributed by atoms with Crippen molar-refractivity contribution in [2.24, 2.45) is 13.0 Å². The summed E-state index contributed by atoms with van der Waals surface area (Å²) in [6.45, 7) is 7.82. The maximum absolute atomic E-state index is 14.3. The van der Waals surface area contributed by atoms with E-state index < -0.39 is 23.7 Å². The van der Waals surface area contributed by atoms with Crippen LogP contribution in [0.1, 0.15) is 39.7 Å². The SMILES string of the molecule is CCOC(=O)C(CC(Cc1ccc(-c2cc(Cl)ccc2F)cc1)NC(=O)OC(C)(C)C)Cn1cc[n+](C)c1. The van der Waals surface area contributed by atoms with Crippen molar-refractivity contribution in [2.75, 3.05) is 6.61 Å². The summed E-state index contributed by atoms with van der Waals surface area (Å²) < 4.78 is 29.0. The standard InChI is InChI=1S/C29H35ClFN3O4/c1-6-37-27(35)22(18-34-14-13-33(5)19-34)16-24(32-28(36)38-29(2,3)4)15-20-7-9-21(10-8-20)25-17-23(30)11-12-26(25)31/h7-14,17,19,22,24H,6,15-16,18H2,1-5H3/p+1. The number of hydrogen-bond acceptors (Lipinski definition) is 4. The number of hydrogen-bond donors (Lipinski definition) is 1. The van der Waals surface area contributed by atoms with Crippen LogP contribution in [0.4, 0.5) is 9.18 Å². The molecular formula is C29H36ClFN3O4+. The smallest absolute Gasteiger partial charge is 0.407 e. The van der Waals surface area contributed by atoms with Gasteiger partial charge in [0.15, 0.2) is 0 Å². The number of amides is 1. The van der Waals surface area contributed by atoms with Crippen LogP contribution in [-0.4, -0.2) is 34.9 Å². The molecule has 1 N–H and O–H groups in total. The molecule has 1 amide bonds. The molecule has 3 rings (SSSR count). The zero-order chi connectivity index (χ0) is 27.9. The average molecular weight is 545 g/mol. The molecule has 0 radical (unpaired) electrons. The van der Waals surface area contributed by atoms with Crippen LogP contribution >= 0.6 is 11.6 Å². The molecule has 0 fully saturated rings. The van der Waals surface area contributed by atoms with Crippen molar-refractivity contribution in [3.8, 4) is 11.1 Å². The van der Waals surface area contributed by atoms with Gasteiger partial charge >= 0.3 is 12.1 Å². The molecule has 0 aliphatic carbocycles. The predicted octanol–water partition coefficient (Wildman–Crippen LogP) is 5.48. The summed E-state index contributed by atoms with van der Waals surface area (Å²) in [5.74, 6) is -1.18. The fourth-order valence-corrected chi connectivity index (χ4v) is 4.38. The van der Waals surface area contributed by atoms with Gasteiger partial charge in [-0.15, -0.1) is 0 Å². The molecule has 0 aliphatic heterocycles. The predicted molar refractivity (Wildman–Crippen MR) is 144 cm³/mol. The monoisotopic (exact) mass is 544 g/mol. The van der Waals surface area contributed by atoms with Crippen LogP contribution in [0.15, 0.2) is 61.2 Å². The zero-order valence-electron chi connectivity index (χ0n) is 22.5. The molecule has 2 unspecified atom stereocenters. The highest BCUT2D eigenvalue weighted by Gasteiger charge is 2.29. The highest BCUT2D eigenvalue weighted by molar-refractivity contribution is 6.30. The van der Waals surface area contributed by atoms with Gasteiger partial charge in [0.2, 0.25) is 6.33 Å². The lowest BCUT2D eigenvalue weighted by atomic mass is 9.93. The van der Waals surface area contributed by atoms with Gasteiger partial charge in [-0.2, -0.15) is 0 Å². The summed E-state index contributed by atoms with van der Waals surface area (Å²) in [6, 6.07) is 11.4. The van der Waals surface area contributed by atoms with Crippen LogP contribution in [0.3, 0.4) is 0 Å². The second kappa shape index (κ2) is 12.9. The number of nitrogens with zero attached hydrogens (tertiary/aromatic N) is 2. The molecule has 7 nitrogen and oxygen atoms in total. The molecule has 1 heterocycles.